The molecule has 4 aliphatic heterocycles. The predicted octanol–water partition coefficient (Wildman–Crippen LogP) is 8.66. The van der Waals surface area contributed by atoms with Crippen LogP contribution in [0.2, 0.25) is 0 Å². The standard InChI is InChI=1S/C44H45N5O6S2/c1-5-27-14-32-20-46-36-18-40(38(52-3)16-34(36)43(50)48(32)22-27)54-24-29-11-30(13-31(12-29)26-56-57-42-9-7-8-10-45-42)25-55-41-19-37-35(17-39(41)53-4)44(51)49-23-28(6-2)15-33(49)21-47-37/h5-13,16-20,32-33,47H,14-15,21-26H2,1-4H3/b27-5+,28-6+/t32-,33-/m0/s1. The maximum Gasteiger partial charge on any atom is 0.257 e. The highest BCUT2D eigenvalue weighted by atomic mass is 33.1. The molecule has 1 N–H and O–H groups in total. The van der Waals surface area contributed by atoms with Gasteiger partial charge in [0.2, 0.25) is 0 Å². The average molecular weight is 804 g/mol. The summed E-state index contributed by atoms with van der Waals surface area (Å²) in [6, 6.07) is 19.4. The van der Waals surface area contributed by atoms with Crippen LogP contribution in [-0.2, 0) is 19.0 Å². The summed E-state index contributed by atoms with van der Waals surface area (Å²) in [6.45, 7) is 6.44. The molecule has 294 valence electrons. The number of nitrogens with zero attached hydrogens (tertiary/aromatic N) is 4. The predicted molar refractivity (Wildman–Crippen MR) is 226 cm³/mol. The molecule has 2 amide bonds. The highest BCUT2D eigenvalue weighted by Crippen LogP contribution is 2.41. The molecule has 0 spiro atoms. The monoisotopic (exact) mass is 803 g/mol. The molecule has 1 aromatic heterocycles. The van der Waals surface area contributed by atoms with Crippen molar-refractivity contribution < 1.29 is 28.5 Å². The summed E-state index contributed by atoms with van der Waals surface area (Å²) >= 11 is 0. The van der Waals surface area contributed by atoms with E-state index in [-0.39, 0.29) is 37.1 Å². The van der Waals surface area contributed by atoms with Gasteiger partial charge in [0.25, 0.3) is 11.8 Å². The number of pyridine rings is 1. The van der Waals surface area contributed by atoms with E-state index in [9.17, 15) is 9.59 Å². The molecule has 2 saturated heterocycles. The normalized spacial score (nSPS) is 19.7. The van der Waals surface area contributed by atoms with Gasteiger partial charge in [0.05, 0.1) is 48.8 Å². The molecule has 0 radical (unpaired) electrons. The number of methoxy groups -OCH3 is 2. The Balaban J connectivity index is 1.03. The Morgan fingerprint density at radius 1 is 0.789 bits per heavy atom. The minimum Gasteiger partial charge on any atom is -0.493 e. The molecule has 3 aromatic carbocycles. The van der Waals surface area contributed by atoms with E-state index in [1.54, 1.807) is 60.2 Å². The number of hydrogen-bond acceptors (Lipinski definition) is 11. The Hall–Kier alpha value is -5.40. The summed E-state index contributed by atoms with van der Waals surface area (Å²) in [6.07, 6.45) is 9.50. The fourth-order valence-electron chi connectivity index (χ4n) is 7.72. The van der Waals surface area contributed by atoms with Gasteiger partial charge in [-0.05, 0) is 84.5 Å². The third-order valence-corrected chi connectivity index (χ3v) is 13.0. The van der Waals surface area contributed by atoms with Gasteiger partial charge in [0.1, 0.15) is 18.2 Å². The SMILES string of the molecule is C/C=C1\C[C@H]2CNc3cc(OCc4cc(COc5cc6c(cc5OC)C(=O)N5C/C(=C/C)C[C@H]5C=N6)cc(CSSc5ccccn5)c4)c(OC)cc3C(=O)N2C1. The van der Waals surface area contributed by atoms with E-state index in [0.29, 0.717) is 65.2 Å². The van der Waals surface area contributed by atoms with Crippen LogP contribution in [0.25, 0.3) is 0 Å². The maximum absolute atomic E-state index is 13.7. The largest absolute Gasteiger partial charge is 0.493 e. The zero-order chi connectivity index (χ0) is 39.5. The number of nitrogens with one attached hydrogen (secondary N) is 1. The van der Waals surface area contributed by atoms with Gasteiger partial charge in [-0.2, -0.15) is 0 Å². The third kappa shape index (κ3) is 8.22. The van der Waals surface area contributed by atoms with E-state index in [2.05, 4.69) is 40.7 Å². The summed E-state index contributed by atoms with van der Waals surface area (Å²) in [5, 5.41) is 4.44. The van der Waals surface area contributed by atoms with Crippen LogP contribution in [0.5, 0.6) is 23.0 Å². The first-order chi connectivity index (χ1) is 27.8. The first-order valence-electron chi connectivity index (χ1n) is 19.0. The molecule has 57 heavy (non-hydrogen) atoms. The first kappa shape index (κ1) is 38.5. The lowest BCUT2D eigenvalue weighted by Gasteiger charge is -2.21. The van der Waals surface area contributed by atoms with Crippen LogP contribution in [0.15, 0.2) is 100 Å². The van der Waals surface area contributed by atoms with Crippen molar-refractivity contribution in [2.45, 2.75) is 62.8 Å². The number of fused-ring (bicyclic) bond motifs is 4. The van der Waals surface area contributed by atoms with Gasteiger partial charge in [-0.25, -0.2) is 4.98 Å². The van der Waals surface area contributed by atoms with Gasteiger partial charge in [-0.3, -0.25) is 14.6 Å². The van der Waals surface area contributed by atoms with Crippen LogP contribution < -0.4 is 24.3 Å². The molecule has 4 aromatic rings. The summed E-state index contributed by atoms with van der Waals surface area (Å²) in [5.41, 5.74) is 7.85. The lowest BCUT2D eigenvalue weighted by molar-refractivity contribution is 0.0750. The fraction of sp³-hybridized carbons (Fsp3) is 0.318. The molecule has 0 unspecified atom stereocenters. The smallest absolute Gasteiger partial charge is 0.257 e. The van der Waals surface area contributed by atoms with E-state index in [1.165, 1.54) is 11.1 Å². The number of hydrogen-bond donors (Lipinski definition) is 1. The molecule has 0 aliphatic carbocycles. The summed E-state index contributed by atoms with van der Waals surface area (Å²) in [7, 11) is 6.49. The van der Waals surface area contributed by atoms with Crippen molar-refractivity contribution >= 4 is 51.0 Å². The van der Waals surface area contributed by atoms with Gasteiger partial charge < -0.3 is 34.1 Å². The van der Waals surface area contributed by atoms with Crippen molar-refractivity contribution in [1.82, 2.24) is 14.8 Å². The van der Waals surface area contributed by atoms with Crippen LogP contribution in [0, 0.1) is 0 Å². The molecule has 2 atom stereocenters. The van der Waals surface area contributed by atoms with E-state index >= 15 is 0 Å². The number of aromatic nitrogens is 1. The molecule has 4 aliphatic rings. The first-order valence-corrected chi connectivity index (χ1v) is 21.4. The van der Waals surface area contributed by atoms with Crippen LogP contribution >= 0.6 is 21.6 Å². The zero-order valence-corrected chi connectivity index (χ0v) is 34.1. The van der Waals surface area contributed by atoms with Gasteiger partial charge in [0, 0.05) is 49.9 Å². The topological polar surface area (TPSA) is 115 Å². The average Bonchev–Trinajstić information content (AvgIpc) is 3.81. The van der Waals surface area contributed by atoms with E-state index in [0.717, 1.165) is 40.2 Å². The maximum atomic E-state index is 13.7. The van der Waals surface area contributed by atoms with Crippen molar-refractivity contribution in [2.24, 2.45) is 4.99 Å². The van der Waals surface area contributed by atoms with Crippen molar-refractivity contribution in [3.63, 3.8) is 0 Å². The lowest BCUT2D eigenvalue weighted by Crippen LogP contribution is -2.36. The van der Waals surface area contributed by atoms with Gasteiger partial charge in [0.15, 0.2) is 23.0 Å². The number of rotatable bonds is 12. The van der Waals surface area contributed by atoms with Crippen LogP contribution in [-0.4, -0.2) is 78.8 Å². The molecule has 13 heteroatoms. The summed E-state index contributed by atoms with van der Waals surface area (Å²) in [5.74, 6) is 2.65. The van der Waals surface area contributed by atoms with Gasteiger partial charge in [-0.1, -0.05) is 52.3 Å². The van der Waals surface area contributed by atoms with Gasteiger partial charge >= 0.3 is 0 Å². The van der Waals surface area contributed by atoms with Crippen molar-refractivity contribution in [3.8, 4) is 23.0 Å². The molecule has 2 fully saturated rings. The second kappa shape index (κ2) is 17.0. The Morgan fingerprint density at radius 2 is 1.46 bits per heavy atom. The Kier molecular flexibility index (Phi) is 11.5. The molecule has 8 rings (SSSR count). The number of allylic oxidation sites excluding steroid dienone is 2. The lowest BCUT2D eigenvalue weighted by atomic mass is 10.1. The molecular weight excluding hydrogens is 759 g/mol. The Morgan fingerprint density at radius 3 is 2.16 bits per heavy atom. The van der Waals surface area contributed by atoms with Gasteiger partial charge in [-0.15, -0.1) is 0 Å². The number of carbonyl (C=O) groups excluding carboxylic acids is 2. The van der Waals surface area contributed by atoms with Crippen molar-refractivity contribution in [1.29, 1.82) is 0 Å². The van der Waals surface area contributed by atoms with E-state index < -0.39 is 0 Å². The van der Waals surface area contributed by atoms with E-state index in [4.69, 9.17) is 23.9 Å². The number of aliphatic imine (C=N–C) groups is 1. The second-order valence-corrected chi connectivity index (χ2v) is 16.7. The molecule has 11 nitrogen and oxygen atoms in total. The highest BCUT2D eigenvalue weighted by molar-refractivity contribution is 8.76. The molecule has 0 bridgehead atoms. The number of amides is 2. The number of carbonyl (C=O) groups is 2. The molecule has 0 saturated carbocycles. The Labute approximate surface area is 340 Å². The minimum atomic E-state index is -0.0717. The van der Waals surface area contributed by atoms with Crippen LogP contribution in [0.3, 0.4) is 0 Å². The number of ether oxygens (including phenoxy) is 4. The summed E-state index contributed by atoms with van der Waals surface area (Å²) < 4.78 is 24.4. The number of benzene rings is 3. The number of anilines is 1. The van der Waals surface area contributed by atoms with Crippen LogP contribution in [0.1, 0.15) is 64.1 Å². The van der Waals surface area contributed by atoms with Crippen LogP contribution in [0.4, 0.5) is 11.4 Å². The third-order valence-electron chi connectivity index (χ3n) is 10.8. The van der Waals surface area contributed by atoms with Crippen molar-refractivity contribution in [3.05, 3.63) is 118 Å². The Bertz CT molecular complexity index is 2280. The molecular formula is C44H45N5O6S2. The summed E-state index contributed by atoms with van der Waals surface area (Å²) in [4.78, 5) is 40.3. The quantitative estimate of drug-likeness (QED) is 0.110. The zero-order valence-electron chi connectivity index (χ0n) is 32.4. The fourth-order valence-corrected chi connectivity index (χ4v) is 9.69. The van der Waals surface area contributed by atoms with Crippen molar-refractivity contribution in [2.75, 3.05) is 39.2 Å². The molecule has 5 heterocycles. The highest BCUT2D eigenvalue weighted by Gasteiger charge is 2.37. The van der Waals surface area contributed by atoms with E-state index in [1.807, 2.05) is 54.1 Å². The second-order valence-electron chi connectivity index (χ2n) is 14.4. The minimum absolute atomic E-state index is 0.00652.